The largest absolute Gasteiger partial charge is 0.491 e. The minimum Gasteiger partial charge on any atom is -0.491 e. The van der Waals surface area contributed by atoms with Crippen LogP contribution >= 0.6 is 0 Å². The van der Waals surface area contributed by atoms with Gasteiger partial charge in [-0.05, 0) is 19.4 Å². The summed E-state index contributed by atoms with van der Waals surface area (Å²) in [6, 6.07) is 0. The molecule has 5 heteroatoms. The summed E-state index contributed by atoms with van der Waals surface area (Å²) in [5.41, 5.74) is -2.45. The van der Waals surface area contributed by atoms with Crippen molar-refractivity contribution in [2.45, 2.75) is 25.6 Å². The average Bonchev–Trinajstić information content (AvgIpc) is 1.97. The lowest BCUT2D eigenvalue weighted by Crippen LogP contribution is -2.46. The number of allylic oxidation sites excluding steroid dienone is 1. The van der Waals surface area contributed by atoms with E-state index in [0.717, 1.165) is 0 Å². The fraction of sp³-hybridized carbons (Fsp3) is 0.556. The molecule has 0 rings (SSSR count). The molecule has 0 heterocycles. The van der Waals surface area contributed by atoms with Gasteiger partial charge in [0.25, 0.3) is 0 Å². The number of rotatable bonds is 4. The maximum absolute atomic E-state index is 12.1. The van der Waals surface area contributed by atoms with Crippen molar-refractivity contribution in [1.29, 1.82) is 0 Å². The van der Waals surface area contributed by atoms with E-state index in [1.54, 1.807) is 6.92 Å². The monoisotopic (exact) mass is 210 g/mol. The summed E-state index contributed by atoms with van der Waals surface area (Å²) < 4.78 is 40.9. The predicted octanol–water partition coefficient (Wildman–Crippen LogP) is 2.41. The van der Waals surface area contributed by atoms with Crippen molar-refractivity contribution in [1.82, 2.24) is 0 Å². The SMILES string of the molecule is C=C(C)C(=C)OCC(C)(O)C(F)(F)F. The Morgan fingerprint density at radius 1 is 1.36 bits per heavy atom. The van der Waals surface area contributed by atoms with Gasteiger partial charge in [-0.25, -0.2) is 0 Å². The molecule has 82 valence electrons. The standard InChI is InChI=1S/C9H13F3O2/c1-6(2)7(3)14-5-8(4,13)9(10,11)12/h13H,1,3,5H2,2,4H3. The molecule has 1 atom stereocenters. The maximum atomic E-state index is 12.1. The number of alkyl halides is 3. The van der Waals surface area contributed by atoms with Crippen LogP contribution in [0.3, 0.4) is 0 Å². The van der Waals surface area contributed by atoms with Crippen molar-refractivity contribution in [3.8, 4) is 0 Å². The number of hydrogen-bond donors (Lipinski definition) is 1. The Labute approximate surface area is 80.7 Å². The summed E-state index contributed by atoms with van der Waals surface area (Å²) in [7, 11) is 0. The van der Waals surface area contributed by atoms with E-state index in [2.05, 4.69) is 17.9 Å². The van der Waals surface area contributed by atoms with Crippen LogP contribution < -0.4 is 0 Å². The van der Waals surface area contributed by atoms with Gasteiger partial charge in [-0.2, -0.15) is 13.2 Å². The third kappa shape index (κ3) is 3.41. The van der Waals surface area contributed by atoms with Gasteiger partial charge in [0, 0.05) is 0 Å². The minimum atomic E-state index is -4.72. The van der Waals surface area contributed by atoms with Crippen LogP contribution in [0.1, 0.15) is 13.8 Å². The lowest BCUT2D eigenvalue weighted by molar-refractivity contribution is -0.264. The summed E-state index contributed by atoms with van der Waals surface area (Å²) in [6.45, 7) is 8.07. The van der Waals surface area contributed by atoms with Crippen molar-refractivity contribution >= 4 is 0 Å². The lowest BCUT2D eigenvalue weighted by Gasteiger charge is -2.26. The molecule has 0 aromatic heterocycles. The Morgan fingerprint density at radius 2 is 1.79 bits per heavy atom. The fourth-order valence-corrected chi connectivity index (χ4v) is 0.433. The van der Waals surface area contributed by atoms with Crippen LogP contribution in [0.2, 0.25) is 0 Å². The molecule has 2 nitrogen and oxygen atoms in total. The molecular weight excluding hydrogens is 197 g/mol. The highest BCUT2D eigenvalue weighted by Crippen LogP contribution is 2.30. The molecule has 0 aromatic rings. The molecule has 0 spiro atoms. The molecule has 0 aliphatic carbocycles. The maximum Gasteiger partial charge on any atom is 0.420 e. The van der Waals surface area contributed by atoms with Gasteiger partial charge < -0.3 is 9.84 Å². The van der Waals surface area contributed by atoms with Gasteiger partial charge in [0.2, 0.25) is 0 Å². The van der Waals surface area contributed by atoms with Gasteiger partial charge in [-0.1, -0.05) is 13.2 Å². The highest BCUT2D eigenvalue weighted by Gasteiger charge is 2.50. The van der Waals surface area contributed by atoms with Crippen molar-refractivity contribution in [3.63, 3.8) is 0 Å². The topological polar surface area (TPSA) is 29.5 Å². The second-order valence-corrected chi connectivity index (χ2v) is 3.26. The van der Waals surface area contributed by atoms with E-state index in [-0.39, 0.29) is 5.76 Å². The normalized spacial score (nSPS) is 15.9. The Hall–Kier alpha value is -0.970. The first-order valence-corrected chi connectivity index (χ1v) is 3.84. The number of halogens is 3. The van der Waals surface area contributed by atoms with E-state index in [1.165, 1.54) is 0 Å². The first-order valence-electron chi connectivity index (χ1n) is 3.84. The Kier molecular flexibility index (Phi) is 3.76. The van der Waals surface area contributed by atoms with Crippen LogP contribution in [0.4, 0.5) is 13.2 Å². The third-order valence-corrected chi connectivity index (χ3v) is 1.61. The smallest absolute Gasteiger partial charge is 0.420 e. The van der Waals surface area contributed by atoms with Gasteiger partial charge >= 0.3 is 6.18 Å². The van der Waals surface area contributed by atoms with Gasteiger partial charge in [-0.3, -0.25) is 0 Å². The summed E-state index contributed by atoms with van der Waals surface area (Å²) in [6.07, 6.45) is -4.72. The van der Waals surface area contributed by atoms with E-state index in [9.17, 15) is 13.2 Å². The number of aliphatic hydroxyl groups is 1. The average molecular weight is 210 g/mol. The quantitative estimate of drug-likeness (QED) is 0.570. The molecule has 0 saturated carbocycles. The summed E-state index contributed by atoms with van der Waals surface area (Å²) >= 11 is 0. The molecule has 0 bridgehead atoms. The number of hydrogen-bond acceptors (Lipinski definition) is 2. The zero-order valence-corrected chi connectivity index (χ0v) is 8.11. The molecule has 0 radical (unpaired) electrons. The summed E-state index contributed by atoms with van der Waals surface area (Å²) in [5, 5.41) is 8.96. The lowest BCUT2D eigenvalue weighted by atomic mass is 10.1. The minimum absolute atomic E-state index is 0.0366. The fourth-order valence-electron chi connectivity index (χ4n) is 0.433. The summed E-state index contributed by atoms with van der Waals surface area (Å²) in [4.78, 5) is 0. The Morgan fingerprint density at radius 3 is 2.07 bits per heavy atom. The van der Waals surface area contributed by atoms with Crippen molar-refractivity contribution < 1.29 is 23.0 Å². The first kappa shape index (κ1) is 13.0. The van der Waals surface area contributed by atoms with E-state index < -0.39 is 18.4 Å². The van der Waals surface area contributed by atoms with E-state index in [1.807, 2.05) is 0 Å². The van der Waals surface area contributed by atoms with Crippen LogP contribution in [0.5, 0.6) is 0 Å². The van der Waals surface area contributed by atoms with E-state index in [0.29, 0.717) is 12.5 Å². The first-order chi connectivity index (χ1) is 6.08. The molecule has 14 heavy (non-hydrogen) atoms. The second kappa shape index (κ2) is 4.04. The molecular formula is C9H13F3O2. The Balaban J connectivity index is 4.27. The molecule has 0 fully saturated rings. The predicted molar refractivity (Wildman–Crippen MR) is 46.6 cm³/mol. The molecule has 0 aliphatic heterocycles. The van der Waals surface area contributed by atoms with E-state index in [4.69, 9.17) is 5.11 Å². The molecule has 0 saturated heterocycles. The molecule has 1 N–H and O–H groups in total. The van der Waals surface area contributed by atoms with Gasteiger partial charge in [0.05, 0.1) is 0 Å². The number of ether oxygens (including phenoxy) is 1. The third-order valence-electron chi connectivity index (χ3n) is 1.61. The van der Waals surface area contributed by atoms with Crippen LogP contribution in [0.25, 0.3) is 0 Å². The van der Waals surface area contributed by atoms with Crippen molar-refractivity contribution in [2.24, 2.45) is 0 Å². The second-order valence-electron chi connectivity index (χ2n) is 3.26. The van der Waals surface area contributed by atoms with Gasteiger partial charge in [0.15, 0.2) is 5.60 Å². The molecule has 0 aromatic carbocycles. The van der Waals surface area contributed by atoms with Crippen LogP contribution in [-0.2, 0) is 4.74 Å². The zero-order valence-electron chi connectivity index (χ0n) is 8.11. The van der Waals surface area contributed by atoms with Crippen molar-refractivity contribution in [2.75, 3.05) is 6.61 Å². The Bertz CT molecular complexity index is 241. The highest BCUT2D eigenvalue weighted by atomic mass is 19.4. The van der Waals surface area contributed by atoms with Gasteiger partial charge in [0.1, 0.15) is 12.4 Å². The van der Waals surface area contributed by atoms with Crippen molar-refractivity contribution in [3.05, 3.63) is 24.5 Å². The zero-order chi connectivity index (χ0) is 11.6. The van der Waals surface area contributed by atoms with Crippen LogP contribution in [0.15, 0.2) is 24.5 Å². The molecule has 1 unspecified atom stereocenters. The summed E-state index contributed by atoms with van der Waals surface area (Å²) in [5.74, 6) is 0.0366. The van der Waals surface area contributed by atoms with Crippen LogP contribution in [0, 0.1) is 0 Å². The van der Waals surface area contributed by atoms with Crippen LogP contribution in [-0.4, -0.2) is 23.5 Å². The van der Waals surface area contributed by atoms with E-state index >= 15 is 0 Å². The molecule has 0 aliphatic rings. The molecule has 0 amide bonds. The van der Waals surface area contributed by atoms with Gasteiger partial charge in [-0.15, -0.1) is 0 Å². The highest BCUT2D eigenvalue weighted by molar-refractivity contribution is 5.16.